The first-order valence-electron chi connectivity index (χ1n) is 6.16. The van der Waals surface area contributed by atoms with E-state index in [0.717, 1.165) is 5.56 Å². The van der Waals surface area contributed by atoms with Crippen LogP contribution in [0.15, 0.2) is 58.7 Å². The second kappa shape index (κ2) is 5.41. The molecule has 2 N–H and O–H groups in total. The van der Waals surface area contributed by atoms with Crippen LogP contribution in [-0.2, 0) is 0 Å². The third kappa shape index (κ3) is 2.57. The summed E-state index contributed by atoms with van der Waals surface area (Å²) in [4.78, 5) is 20.0. The van der Waals surface area contributed by atoms with Crippen molar-refractivity contribution in [1.29, 1.82) is 0 Å². The average Bonchev–Trinajstić information content (AvgIpc) is 2.53. The van der Waals surface area contributed by atoms with Crippen LogP contribution in [0, 0.1) is 0 Å². The normalized spacial score (nSPS) is 11.0. The maximum absolute atomic E-state index is 12.0. The fourth-order valence-corrected chi connectivity index (χ4v) is 1.81. The van der Waals surface area contributed by atoms with Crippen LogP contribution in [-0.4, -0.2) is 26.1 Å². The summed E-state index contributed by atoms with van der Waals surface area (Å²) >= 11 is 0. The Morgan fingerprint density at radius 1 is 1.19 bits per heavy atom. The molecule has 0 aliphatic heterocycles. The van der Waals surface area contributed by atoms with Crippen molar-refractivity contribution in [3.05, 3.63) is 64.7 Å². The molecule has 2 heterocycles. The van der Waals surface area contributed by atoms with Gasteiger partial charge in [0.15, 0.2) is 0 Å². The number of anilines is 1. The number of pyridine rings is 1. The van der Waals surface area contributed by atoms with Crippen LogP contribution in [0.2, 0.25) is 0 Å². The molecule has 0 radical (unpaired) electrons. The molecule has 3 aromatic rings. The summed E-state index contributed by atoms with van der Waals surface area (Å²) in [6.45, 7) is 0. The summed E-state index contributed by atoms with van der Waals surface area (Å²) in [5.41, 5.74) is 3.30. The highest BCUT2D eigenvalue weighted by Crippen LogP contribution is 2.09. The van der Waals surface area contributed by atoms with Gasteiger partial charge in [-0.3, -0.25) is 9.78 Å². The van der Waals surface area contributed by atoms with Gasteiger partial charge in [0.1, 0.15) is 0 Å². The zero-order valence-electron chi connectivity index (χ0n) is 10.8. The topological polar surface area (TPSA) is 92.4 Å². The molecule has 0 unspecified atom stereocenters. The van der Waals surface area contributed by atoms with Gasteiger partial charge in [-0.25, -0.2) is 10.4 Å². The van der Waals surface area contributed by atoms with Crippen LogP contribution >= 0.6 is 0 Å². The van der Waals surface area contributed by atoms with E-state index in [9.17, 15) is 10.0 Å². The Morgan fingerprint density at radius 3 is 2.76 bits per heavy atom. The number of fused-ring (bicyclic) bond motifs is 1. The largest absolute Gasteiger partial charge is 0.422 e. The van der Waals surface area contributed by atoms with E-state index >= 15 is 0 Å². The number of benzene rings is 1. The molecule has 1 aromatic carbocycles. The van der Waals surface area contributed by atoms with Crippen LogP contribution in [0.4, 0.5) is 5.95 Å². The number of rotatable bonds is 3. The first-order chi connectivity index (χ1) is 10.3. The van der Waals surface area contributed by atoms with Gasteiger partial charge in [0.05, 0.1) is 17.1 Å². The molecule has 0 bridgehead atoms. The maximum atomic E-state index is 12.0. The van der Waals surface area contributed by atoms with E-state index < -0.39 is 5.56 Å². The van der Waals surface area contributed by atoms with Gasteiger partial charge in [0.25, 0.3) is 11.5 Å². The van der Waals surface area contributed by atoms with E-state index in [0.29, 0.717) is 15.6 Å². The van der Waals surface area contributed by atoms with Crippen molar-refractivity contribution in [2.75, 3.05) is 5.43 Å². The van der Waals surface area contributed by atoms with Gasteiger partial charge in [0, 0.05) is 12.4 Å². The second-order valence-corrected chi connectivity index (χ2v) is 4.22. The Kier molecular flexibility index (Phi) is 3.30. The fraction of sp³-hybridized carbons (Fsp3) is 0. The first kappa shape index (κ1) is 12.8. The smallest absolute Gasteiger partial charge is 0.295 e. The lowest BCUT2D eigenvalue weighted by Gasteiger charge is -2.05. The quantitative estimate of drug-likeness (QED) is 0.431. The Bertz CT molecular complexity index is 858. The number of hydrogen-bond acceptors (Lipinski definition) is 6. The molecule has 7 heteroatoms. The Balaban J connectivity index is 1.93. The number of para-hydroxylation sites is 1. The summed E-state index contributed by atoms with van der Waals surface area (Å²) in [6, 6.07) is 10.3. The number of hydrazone groups is 1. The predicted octanol–water partition coefficient (Wildman–Crippen LogP) is 1.47. The average molecular weight is 281 g/mol. The highest BCUT2D eigenvalue weighted by molar-refractivity contribution is 5.80. The van der Waals surface area contributed by atoms with Crippen LogP contribution in [0.1, 0.15) is 5.56 Å². The van der Waals surface area contributed by atoms with Crippen molar-refractivity contribution in [2.24, 2.45) is 5.10 Å². The molecule has 0 aliphatic rings. The Labute approximate surface area is 119 Å². The van der Waals surface area contributed by atoms with Gasteiger partial charge in [-0.05, 0) is 29.8 Å². The molecule has 0 saturated heterocycles. The summed E-state index contributed by atoms with van der Waals surface area (Å²) < 4.78 is 0.437. The molecule has 2 aromatic heterocycles. The summed E-state index contributed by atoms with van der Waals surface area (Å²) in [7, 11) is 0. The molecule has 0 fully saturated rings. The van der Waals surface area contributed by atoms with Gasteiger partial charge in [-0.1, -0.05) is 12.1 Å². The van der Waals surface area contributed by atoms with Crippen LogP contribution in [0.5, 0.6) is 0 Å². The lowest BCUT2D eigenvalue weighted by atomic mass is 10.2. The molecule has 7 nitrogen and oxygen atoms in total. The Hall–Kier alpha value is -3.22. The van der Waals surface area contributed by atoms with Crippen molar-refractivity contribution >= 4 is 23.1 Å². The van der Waals surface area contributed by atoms with Crippen LogP contribution in [0.3, 0.4) is 0 Å². The maximum Gasteiger partial charge on any atom is 0.295 e. The standard InChI is InChI=1S/C14H11N5O2/c20-13-11-3-1-2-4-12(11)17-14(19(13)21)18-16-9-10-5-7-15-8-6-10/h1-9,21H,(H,17,18)/b16-9-. The van der Waals surface area contributed by atoms with E-state index in [-0.39, 0.29) is 5.95 Å². The molecule has 0 spiro atoms. The number of nitrogens with zero attached hydrogens (tertiary/aromatic N) is 4. The van der Waals surface area contributed by atoms with Crippen LogP contribution < -0.4 is 11.0 Å². The van der Waals surface area contributed by atoms with Gasteiger partial charge in [-0.15, -0.1) is 4.73 Å². The van der Waals surface area contributed by atoms with E-state index in [1.807, 2.05) is 0 Å². The minimum atomic E-state index is -0.554. The van der Waals surface area contributed by atoms with E-state index in [2.05, 4.69) is 20.5 Å². The molecule has 21 heavy (non-hydrogen) atoms. The van der Waals surface area contributed by atoms with E-state index in [1.54, 1.807) is 48.8 Å². The second-order valence-electron chi connectivity index (χ2n) is 4.22. The monoisotopic (exact) mass is 281 g/mol. The molecule has 0 aliphatic carbocycles. The minimum Gasteiger partial charge on any atom is -0.422 e. The molecule has 0 amide bonds. The van der Waals surface area contributed by atoms with Crippen molar-refractivity contribution in [2.45, 2.75) is 0 Å². The van der Waals surface area contributed by atoms with Crippen molar-refractivity contribution in [3.63, 3.8) is 0 Å². The summed E-state index contributed by atoms with van der Waals surface area (Å²) in [5.74, 6) is -0.0518. The summed E-state index contributed by atoms with van der Waals surface area (Å²) in [5, 5.41) is 14.1. The van der Waals surface area contributed by atoms with Crippen molar-refractivity contribution < 1.29 is 5.21 Å². The van der Waals surface area contributed by atoms with Gasteiger partial charge in [-0.2, -0.15) is 5.10 Å². The molecule has 0 saturated carbocycles. The molecular formula is C14H11N5O2. The predicted molar refractivity (Wildman–Crippen MR) is 78.6 cm³/mol. The van der Waals surface area contributed by atoms with Crippen molar-refractivity contribution in [1.82, 2.24) is 14.7 Å². The number of nitrogens with one attached hydrogen (secondary N) is 1. The highest BCUT2D eigenvalue weighted by Gasteiger charge is 2.08. The molecule has 3 rings (SSSR count). The van der Waals surface area contributed by atoms with E-state index in [1.165, 1.54) is 6.21 Å². The lowest BCUT2D eigenvalue weighted by molar-refractivity contribution is 0.179. The third-order valence-electron chi connectivity index (χ3n) is 2.84. The van der Waals surface area contributed by atoms with E-state index in [4.69, 9.17) is 0 Å². The van der Waals surface area contributed by atoms with Gasteiger partial charge in [0.2, 0.25) is 0 Å². The Morgan fingerprint density at radius 2 is 1.95 bits per heavy atom. The van der Waals surface area contributed by atoms with Crippen LogP contribution in [0.25, 0.3) is 10.9 Å². The lowest BCUT2D eigenvalue weighted by Crippen LogP contribution is -2.22. The first-order valence-corrected chi connectivity index (χ1v) is 6.16. The summed E-state index contributed by atoms with van der Waals surface area (Å²) in [6.07, 6.45) is 4.80. The zero-order chi connectivity index (χ0) is 14.7. The molecule has 104 valence electrons. The van der Waals surface area contributed by atoms with Gasteiger partial charge >= 0.3 is 0 Å². The number of hydrogen-bond donors (Lipinski definition) is 2. The number of aromatic nitrogens is 3. The fourth-order valence-electron chi connectivity index (χ4n) is 1.81. The van der Waals surface area contributed by atoms with Crippen molar-refractivity contribution in [3.8, 4) is 0 Å². The highest BCUT2D eigenvalue weighted by atomic mass is 16.5. The molecular weight excluding hydrogens is 270 g/mol. The third-order valence-corrected chi connectivity index (χ3v) is 2.84. The SMILES string of the molecule is O=c1c2ccccc2nc(N/N=C\c2ccncc2)n1O. The molecule has 0 atom stereocenters. The minimum absolute atomic E-state index is 0.0518. The van der Waals surface area contributed by atoms with Gasteiger partial charge < -0.3 is 5.21 Å². The zero-order valence-corrected chi connectivity index (χ0v) is 10.8.